The van der Waals surface area contributed by atoms with E-state index >= 15 is 0 Å². The van der Waals surface area contributed by atoms with Gasteiger partial charge in [0.2, 0.25) is 5.91 Å². The molecule has 3 aromatic rings. The fraction of sp³-hybridized carbons (Fsp3) is 0.350. The van der Waals surface area contributed by atoms with Crippen molar-refractivity contribution in [3.05, 3.63) is 45.1 Å². The number of hydrogen-bond donors (Lipinski definition) is 1. The van der Waals surface area contributed by atoms with E-state index in [0.717, 1.165) is 35.9 Å². The first-order chi connectivity index (χ1) is 13.5. The Morgan fingerprint density at radius 1 is 1.29 bits per heavy atom. The Morgan fingerprint density at radius 3 is 2.79 bits per heavy atom. The molecule has 0 fully saturated rings. The largest absolute Gasteiger partial charge is 0.324 e. The molecule has 1 aromatic carbocycles. The molecular weight excluding hydrogens is 412 g/mol. The Kier molecular flexibility index (Phi) is 7.15. The number of hydrogen-bond acceptors (Lipinski definition) is 5. The second-order valence-corrected chi connectivity index (χ2v) is 8.75. The van der Waals surface area contributed by atoms with Crippen LogP contribution < -0.4 is 5.32 Å². The van der Waals surface area contributed by atoms with Crippen LogP contribution in [0.4, 0.5) is 5.69 Å². The van der Waals surface area contributed by atoms with E-state index in [1.165, 1.54) is 22.2 Å². The summed E-state index contributed by atoms with van der Waals surface area (Å²) < 4.78 is 2.12. The molecule has 3 rings (SSSR count). The maximum absolute atomic E-state index is 12.3. The number of aryl methyl sites for hydroxylation is 1. The highest BCUT2D eigenvalue weighted by atomic mass is 35.5. The Balaban J connectivity index is 1.76. The van der Waals surface area contributed by atoms with E-state index in [1.807, 2.05) is 12.1 Å². The van der Waals surface area contributed by atoms with Crippen LogP contribution >= 0.6 is 34.7 Å². The lowest BCUT2D eigenvalue weighted by molar-refractivity contribution is -0.113. The number of nitrogens with zero attached hydrogens (tertiary/aromatic N) is 3. The third-order valence-electron chi connectivity index (χ3n) is 4.34. The van der Waals surface area contributed by atoms with Gasteiger partial charge < -0.3 is 9.88 Å². The highest BCUT2D eigenvalue weighted by molar-refractivity contribution is 7.99. The summed E-state index contributed by atoms with van der Waals surface area (Å²) in [6.45, 7) is 7.24. The van der Waals surface area contributed by atoms with Gasteiger partial charge in [-0.25, -0.2) is 0 Å². The van der Waals surface area contributed by atoms with Crippen molar-refractivity contribution in [2.24, 2.45) is 0 Å². The second kappa shape index (κ2) is 9.58. The molecule has 2 aromatic heterocycles. The molecule has 0 aliphatic rings. The van der Waals surface area contributed by atoms with Gasteiger partial charge in [-0.1, -0.05) is 49.3 Å². The lowest BCUT2D eigenvalue weighted by Gasteiger charge is -2.10. The Labute approximate surface area is 178 Å². The normalized spacial score (nSPS) is 11.0. The number of thioether (sulfide) groups is 1. The van der Waals surface area contributed by atoms with Crippen molar-refractivity contribution in [1.29, 1.82) is 0 Å². The summed E-state index contributed by atoms with van der Waals surface area (Å²) in [5.41, 5.74) is 3.09. The van der Waals surface area contributed by atoms with Crippen molar-refractivity contribution in [2.75, 3.05) is 11.1 Å². The van der Waals surface area contributed by atoms with E-state index in [2.05, 4.69) is 46.2 Å². The number of thiophene rings is 1. The van der Waals surface area contributed by atoms with E-state index in [-0.39, 0.29) is 11.7 Å². The highest BCUT2D eigenvalue weighted by Crippen LogP contribution is 2.33. The maximum atomic E-state index is 12.3. The summed E-state index contributed by atoms with van der Waals surface area (Å²) in [5, 5.41) is 15.1. The summed E-state index contributed by atoms with van der Waals surface area (Å²) in [6.07, 6.45) is 1.93. The Hall–Kier alpha value is -1.83. The summed E-state index contributed by atoms with van der Waals surface area (Å²) in [7, 11) is 0. The monoisotopic (exact) mass is 434 g/mol. The minimum atomic E-state index is -0.119. The number of anilines is 1. The van der Waals surface area contributed by atoms with E-state index in [0.29, 0.717) is 10.7 Å². The number of carbonyl (C=O) groups is 1. The maximum Gasteiger partial charge on any atom is 0.234 e. The molecule has 2 heterocycles. The minimum Gasteiger partial charge on any atom is -0.324 e. The predicted octanol–water partition coefficient (Wildman–Crippen LogP) is 5.67. The van der Waals surface area contributed by atoms with Gasteiger partial charge in [0.25, 0.3) is 0 Å². The molecule has 0 aliphatic heterocycles. The highest BCUT2D eigenvalue weighted by Gasteiger charge is 2.19. The molecule has 0 spiro atoms. The van der Waals surface area contributed by atoms with Gasteiger partial charge >= 0.3 is 0 Å². The van der Waals surface area contributed by atoms with Crippen molar-refractivity contribution in [1.82, 2.24) is 14.8 Å². The third kappa shape index (κ3) is 4.59. The van der Waals surface area contributed by atoms with Gasteiger partial charge in [-0.2, -0.15) is 0 Å². The van der Waals surface area contributed by atoms with Crippen molar-refractivity contribution in [3.63, 3.8) is 0 Å². The molecule has 0 saturated heterocycles. The molecule has 0 saturated carbocycles. The molecule has 5 nitrogen and oxygen atoms in total. The first-order valence-corrected chi connectivity index (χ1v) is 11.5. The molecule has 1 N–H and O–H groups in total. The number of nitrogens with one attached hydrogen (secondary N) is 1. The molecule has 148 valence electrons. The fourth-order valence-corrected chi connectivity index (χ4v) is 4.89. The average Bonchev–Trinajstić information content (AvgIpc) is 3.25. The molecule has 8 heteroatoms. The van der Waals surface area contributed by atoms with Gasteiger partial charge in [-0.15, -0.1) is 21.5 Å². The van der Waals surface area contributed by atoms with Crippen LogP contribution in [-0.4, -0.2) is 26.4 Å². The van der Waals surface area contributed by atoms with Crippen molar-refractivity contribution in [3.8, 4) is 11.4 Å². The molecular formula is C20H23ClN4OS2. The number of amides is 1. The van der Waals surface area contributed by atoms with Crippen LogP contribution in [0.3, 0.4) is 0 Å². The van der Waals surface area contributed by atoms with Crippen LogP contribution in [0.15, 0.2) is 34.8 Å². The van der Waals surface area contributed by atoms with Crippen LogP contribution in [0.5, 0.6) is 0 Å². The van der Waals surface area contributed by atoms with Crippen LogP contribution in [0.1, 0.15) is 30.7 Å². The standard InChI is InChI=1S/C20H23ClN4OS2/c1-4-10-25-19(15-11-27-13(3)14(15)5-2)23-24-20(25)28-12-18(26)22-17-9-7-6-8-16(17)21/h6-9,11H,4-5,10,12H2,1-3H3,(H,22,26). The second-order valence-electron chi connectivity index (χ2n) is 6.31. The zero-order valence-corrected chi connectivity index (χ0v) is 18.5. The lowest BCUT2D eigenvalue weighted by Crippen LogP contribution is -2.15. The van der Waals surface area contributed by atoms with E-state index in [1.54, 1.807) is 23.5 Å². The fourth-order valence-electron chi connectivity index (χ4n) is 3.01. The molecule has 0 aliphatic carbocycles. The van der Waals surface area contributed by atoms with Gasteiger partial charge in [0.05, 0.1) is 16.5 Å². The topological polar surface area (TPSA) is 59.8 Å². The van der Waals surface area contributed by atoms with Crippen LogP contribution in [0, 0.1) is 6.92 Å². The zero-order chi connectivity index (χ0) is 20.1. The number of para-hydroxylation sites is 1. The zero-order valence-electron chi connectivity index (χ0n) is 16.2. The van der Waals surface area contributed by atoms with Gasteiger partial charge in [-0.3, -0.25) is 4.79 Å². The number of benzene rings is 1. The molecule has 28 heavy (non-hydrogen) atoms. The van der Waals surface area contributed by atoms with Crippen LogP contribution in [0.25, 0.3) is 11.4 Å². The predicted molar refractivity (Wildman–Crippen MR) is 119 cm³/mol. The van der Waals surface area contributed by atoms with Gasteiger partial charge in [0, 0.05) is 22.4 Å². The van der Waals surface area contributed by atoms with Gasteiger partial charge in [0.1, 0.15) is 0 Å². The molecule has 0 atom stereocenters. The number of aromatic nitrogens is 3. The third-order valence-corrected chi connectivity index (χ3v) is 6.59. The average molecular weight is 435 g/mol. The van der Waals surface area contributed by atoms with E-state index < -0.39 is 0 Å². The van der Waals surface area contributed by atoms with E-state index in [9.17, 15) is 4.79 Å². The SMILES string of the molecule is CCCn1c(SCC(=O)Nc2ccccc2Cl)nnc1-c1csc(C)c1CC. The summed E-state index contributed by atoms with van der Waals surface area (Å²) >= 11 is 9.24. The van der Waals surface area contributed by atoms with Crippen LogP contribution in [-0.2, 0) is 17.8 Å². The molecule has 0 bridgehead atoms. The van der Waals surface area contributed by atoms with E-state index in [4.69, 9.17) is 11.6 Å². The number of rotatable bonds is 8. The van der Waals surface area contributed by atoms with Crippen molar-refractivity contribution >= 4 is 46.3 Å². The van der Waals surface area contributed by atoms with Crippen molar-refractivity contribution < 1.29 is 4.79 Å². The Morgan fingerprint density at radius 2 is 2.07 bits per heavy atom. The first kappa shape index (κ1) is 20.9. The molecule has 0 radical (unpaired) electrons. The summed E-state index contributed by atoms with van der Waals surface area (Å²) in [5.74, 6) is 1.01. The number of halogens is 1. The molecule has 1 amide bonds. The summed E-state index contributed by atoms with van der Waals surface area (Å²) in [6, 6.07) is 7.21. The smallest absolute Gasteiger partial charge is 0.234 e. The summed E-state index contributed by atoms with van der Waals surface area (Å²) in [4.78, 5) is 13.7. The van der Waals surface area contributed by atoms with Gasteiger partial charge in [-0.05, 0) is 37.5 Å². The first-order valence-electron chi connectivity index (χ1n) is 9.22. The van der Waals surface area contributed by atoms with Crippen molar-refractivity contribution in [2.45, 2.75) is 45.3 Å². The molecule has 0 unspecified atom stereocenters. The lowest BCUT2D eigenvalue weighted by atomic mass is 10.1. The number of carbonyl (C=O) groups excluding carboxylic acids is 1. The Bertz CT molecular complexity index is 967. The quantitative estimate of drug-likeness (QED) is 0.464. The van der Waals surface area contributed by atoms with Gasteiger partial charge in [0.15, 0.2) is 11.0 Å². The van der Waals surface area contributed by atoms with Crippen LogP contribution in [0.2, 0.25) is 5.02 Å². The minimum absolute atomic E-state index is 0.119.